The topological polar surface area (TPSA) is 29.3 Å². The van der Waals surface area contributed by atoms with Gasteiger partial charge in [-0.15, -0.1) is 0 Å². The van der Waals surface area contributed by atoms with E-state index < -0.39 is 0 Å². The van der Waals surface area contributed by atoms with E-state index in [4.69, 9.17) is 5.73 Å². The Morgan fingerprint density at radius 1 is 1.25 bits per heavy atom. The maximum atomic E-state index is 13.3. The number of piperidine rings is 1. The van der Waals surface area contributed by atoms with Gasteiger partial charge in [0, 0.05) is 24.5 Å². The lowest BCUT2D eigenvalue weighted by Crippen LogP contribution is -2.38. The molecule has 0 saturated carbocycles. The van der Waals surface area contributed by atoms with Gasteiger partial charge in [0.2, 0.25) is 0 Å². The monoisotopic (exact) mass is 222 g/mol. The molecule has 0 bridgehead atoms. The highest BCUT2D eigenvalue weighted by atomic mass is 19.1. The zero-order valence-electron chi connectivity index (χ0n) is 9.91. The molecule has 1 aromatic rings. The lowest BCUT2D eigenvalue weighted by Gasteiger charge is -2.36. The second-order valence-electron chi connectivity index (χ2n) is 4.93. The fourth-order valence-electron chi connectivity index (χ4n) is 2.28. The molecule has 1 heterocycles. The van der Waals surface area contributed by atoms with Crippen LogP contribution in [0.5, 0.6) is 0 Å². The van der Waals surface area contributed by atoms with Crippen molar-refractivity contribution in [3.63, 3.8) is 0 Å². The minimum Gasteiger partial charge on any atom is -0.399 e. The van der Waals surface area contributed by atoms with Crippen LogP contribution in [-0.2, 0) is 0 Å². The third kappa shape index (κ3) is 2.29. The van der Waals surface area contributed by atoms with Gasteiger partial charge in [0.05, 0.1) is 0 Å². The first-order valence-electron chi connectivity index (χ1n) is 5.87. The van der Waals surface area contributed by atoms with E-state index in [-0.39, 0.29) is 5.82 Å². The van der Waals surface area contributed by atoms with Crippen molar-refractivity contribution in [3.05, 3.63) is 24.0 Å². The average molecular weight is 222 g/mol. The van der Waals surface area contributed by atoms with Gasteiger partial charge >= 0.3 is 0 Å². The molecule has 1 aromatic carbocycles. The van der Waals surface area contributed by atoms with E-state index in [1.807, 2.05) is 6.07 Å². The molecular formula is C13H19FN2. The summed E-state index contributed by atoms with van der Waals surface area (Å²) in [6.45, 7) is 6.51. The lowest BCUT2D eigenvalue weighted by molar-refractivity contribution is 0.324. The molecule has 0 aromatic heterocycles. The summed E-state index contributed by atoms with van der Waals surface area (Å²) in [5.74, 6) is 1.15. The number of hydrogen-bond acceptors (Lipinski definition) is 2. The predicted octanol–water partition coefficient (Wildman–Crippen LogP) is 2.89. The summed E-state index contributed by atoms with van der Waals surface area (Å²) < 4.78 is 13.3. The molecule has 1 saturated heterocycles. The van der Waals surface area contributed by atoms with Crippen molar-refractivity contribution in [1.29, 1.82) is 0 Å². The van der Waals surface area contributed by atoms with Crippen LogP contribution >= 0.6 is 0 Å². The predicted molar refractivity (Wildman–Crippen MR) is 66.0 cm³/mol. The van der Waals surface area contributed by atoms with Crippen LogP contribution in [0.3, 0.4) is 0 Å². The largest absolute Gasteiger partial charge is 0.399 e. The fourth-order valence-corrected chi connectivity index (χ4v) is 2.28. The molecule has 1 fully saturated rings. The molecule has 2 unspecified atom stereocenters. The van der Waals surface area contributed by atoms with Crippen LogP contribution < -0.4 is 10.6 Å². The van der Waals surface area contributed by atoms with Crippen molar-refractivity contribution in [2.24, 2.45) is 11.8 Å². The molecule has 88 valence electrons. The van der Waals surface area contributed by atoms with E-state index in [0.717, 1.165) is 31.1 Å². The maximum absolute atomic E-state index is 13.3. The smallest absolute Gasteiger partial charge is 0.127 e. The Bertz CT molecular complexity index is 358. The molecule has 2 atom stereocenters. The highest BCUT2D eigenvalue weighted by Crippen LogP contribution is 2.28. The summed E-state index contributed by atoms with van der Waals surface area (Å²) in [5.41, 5.74) is 7.08. The summed E-state index contributed by atoms with van der Waals surface area (Å²) in [7, 11) is 0. The molecule has 1 aliphatic heterocycles. The Morgan fingerprint density at radius 2 is 2.00 bits per heavy atom. The van der Waals surface area contributed by atoms with Gasteiger partial charge < -0.3 is 10.6 Å². The second kappa shape index (κ2) is 4.32. The van der Waals surface area contributed by atoms with Gasteiger partial charge in [0.15, 0.2) is 0 Å². The molecular weight excluding hydrogens is 203 g/mol. The average Bonchev–Trinajstić information content (AvgIpc) is 2.20. The first-order chi connectivity index (χ1) is 7.56. The molecule has 0 radical (unpaired) electrons. The van der Waals surface area contributed by atoms with E-state index in [2.05, 4.69) is 18.7 Å². The Kier molecular flexibility index (Phi) is 3.03. The molecule has 0 spiro atoms. The van der Waals surface area contributed by atoms with Gasteiger partial charge in [0.1, 0.15) is 5.82 Å². The van der Waals surface area contributed by atoms with Crippen molar-refractivity contribution in [2.75, 3.05) is 23.7 Å². The fraction of sp³-hybridized carbons (Fsp3) is 0.538. The Balaban J connectivity index is 2.18. The first-order valence-corrected chi connectivity index (χ1v) is 5.87. The SMILES string of the molecule is CC1CCN(c2cc(N)cc(F)c2)CC1C. The summed E-state index contributed by atoms with van der Waals surface area (Å²) in [6.07, 6.45) is 1.16. The third-order valence-corrected chi connectivity index (χ3v) is 3.60. The van der Waals surface area contributed by atoms with E-state index in [1.54, 1.807) is 6.07 Å². The number of anilines is 2. The highest BCUT2D eigenvalue weighted by Gasteiger charge is 2.23. The van der Waals surface area contributed by atoms with Gasteiger partial charge in [0.25, 0.3) is 0 Å². The van der Waals surface area contributed by atoms with Crippen molar-refractivity contribution >= 4 is 11.4 Å². The van der Waals surface area contributed by atoms with Crippen LogP contribution in [0, 0.1) is 17.7 Å². The molecule has 1 aliphatic rings. The highest BCUT2D eigenvalue weighted by molar-refractivity contribution is 5.56. The maximum Gasteiger partial charge on any atom is 0.127 e. The van der Waals surface area contributed by atoms with Crippen LogP contribution in [0.4, 0.5) is 15.8 Å². The summed E-state index contributed by atoms with van der Waals surface area (Å²) in [6, 6.07) is 4.78. The van der Waals surface area contributed by atoms with Crippen molar-refractivity contribution in [2.45, 2.75) is 20.3 Å². The van der Waals surface area contributed by atoms with Gasteiger partial charge in [-0.3, -0.25) is 0 Å². The summed E-state index contributed by atoms with van der Waals surface area (Å²) in [4.78, 5) is 2.23. The van der Waals surface area contributed by atoms with Gasteiger partial charge in [-0.25, -0.2) is 4.39 Å². The number of nitrogens with zero attached hydrogens (tertiary/aromatic N) is 1. The molecule has 2 rings (SSSR count). The van der Waals surface area contributed by atoms with Gasteiger partial charge in [-0.05, 0) is 36.5 Å². The Hall–Kier alpha value is -1.25. The number of rotatable bonds is 1. The minimum absolute atomic E-state index is 0.249. The zero-order valence-corrected chi connectivity index (χ0v) is 9.91. The van der Waals surface area contributed by atoms with Crippen molar-refractivity contribution in [1.82, 2.24) is 0 Å². The molecule has 2 nitrogen and oxygen atoms in total. The normalized spacial score (nSPS) is 25.8. The van der Waals surface area contributed by atoms with Crippen LogP contribution in [0.15, 0.2) is 18.2 Å². The number of nitrogens with two attached hydrogens (primary N) is 1. The van der Waals surface area contributed by atoms with E-state index >= 15 is 0 Å². The van der Waals surface area contributed by atoms with Crippen LogP contribution in [-0.4, -0.2) is 13.1 Å². The third-order valence-electron chi connectivity index (χ3n) is 3.60. The summed E-state index contributed by atoms with van der Waals surface area (Å²) >= 11 is 0. The van der Waals surface area contributed by atoms with Crippen LogP contribution in [0.25, 0.3) is 0 Å². The Morgan fingerprint density at radius 3 is 2.62 bits per heavy atom. The van der Waals surface area contributed by atoms with Crippen LogP contribution in [0.1, 0.15) is 20.3 Å². The standard InChI is InChI=1S/C13H19FN2/c1-9-3-4-16(8-10(9)2)13-6-11(14)5-12(15)7-13/h5-7,9-10H,3-4,8,15H2,1-2H3. The van der Waals surface area contributed by atoms with Gasteiger partial charge in [-0.1, -0.05) is 13.8 Å². The quantitative estimate of drug-likeness (QED) is 0.740. The number of benzene rings is 1. The van der Waals surface area contributed by atoms with Gasteiger partial charge in [-0.2, -0.15) is 0 Å². The number of hydrogen-bond donors (Lipinski definition) is 1. The van der Waals surface area contributed by atoms with Crippen molar-refractivity contribution in [3.8, 4) is 0 Å². The van der Waals surface area contributed by atoms with E-state index in [0.29, 0.717) is 11.6 Å². The summed E-state index contributed by atoms with van der Waals surface area (Å²) in [5, 5.41) is 0. The van der Waals surface area contributed by atoms with E-state index in [9.17, 15) is 4.39 Å². The zero-order chi connectivity index (χ0) is 11.7. The molecule has 2 N–H and O–H groups in total. The van der Waals surface area contributed by atoms with Crippen LogP contribution in [0.2, 0.25) is 0 Å². The lowest BCUT2D eigenvalue weighted by atomic mass is 9.88. The first kappa shape index (κ1) is 11.2. The molecule has 16 heavy (non-hydrogen) atoms. The molecule has 0 aliphatic carbocycles. The number of halogens is 1. The second-order valence-corrected chi connectivity index (χ2v) is 4.93. The molecule has 0 amide bonds. The Labute approximate surface area is 96.2 Å². The van der Waals surface area contributed by atoms with E-state index in [1.165, 1.54) is 6.07 Å². The minimum atomic E-state index is -0.249. The number of nitrogen functional groups attached to an aromatic ring is 1. The molecule has 3 heteroatoms. The van der Waals surface area contributed by atoms with Crippen molar-refractivity contribution < 1.29 is 4.39 Å².